The van der Waals surface area contributed by atoms with E-state index < -0.39 is 36.0 Å². The van der Waals surface area contributed by atoms with Crippen LogP contribution in [0.3, 0.4) is 0 Å². The molecule has 0 saturated carbocycles. The molecule has 0 fully saturated rings. The second-order valence-corrected chi connectivity index (χ2v) is 3.53. The maximum atomic E-state index is 13.5. The van der Waals surface area contributed by atoms with Crippen molar-refractivity contribution in [3.8, 4) is 0 Å². The van der Waals surface area contributed by atoms with Gasteiger partial charge in [0.1, 0.15) is 11.5 Å². The number of carbonyl (C=O) groups is 1. The first-order valence-corrected chi connectivity index (χ1v) is 5.32. The van der Waals surface area contributed by atoms with Crippen LogP contribution in [0.5, 0.6) is 0 Å². The summed E-state index contributed by atoms with van der Waals surface area (Å²) in [5, 5.41) is 8.50. The summed E-state index contributed by atoms with van der Waals surface area (Å²) in [6.45, 7) is 0. The Kier molecular flexibility index (Phi) is 4.28. The summed E-state index contributed by atoms with van der Waals surface area (Å²) in [6.07, 6.45) is -3.57. The van der Waals surface area contributed by atoms with Gasteiger partial charge < -0.3 is 5.11 Å². The zero-order chi connectivity index (χ0) is 12.3. The van der Waals surface area contributed by atoms with E-state index in [0.717, 1.165) is 6.07 Å². The van der Waals surface area contributed by atoms with Crippen LogP contribution < -0.4 is 0 Å². The number of carboxylic acids is 1. The maximum Gasteiger partial charge on any atom is 0.309 e. The predicted molar refractivity (Wildman–Crippen MR) is 53.1 cm³/mol. The Hall–Kier alpha value is -1.11. The molecule has 0 amide bonds. The van der Waals surface area contributed by atoms with E-state index in [1.54, 1.807) is 0 Å². The number of carboxylic acid groups (broad SMARTS) is 1. The Morgan fingerprint density at radius 2 is 2.19 bits per heavy atom. The molecule has 0 aromatic carbocycles. The van der Waals surface area contributed by atoms with Crippen molar-refractivity contribution in [3.05, 3.63) is 28.8 Å². The maximum absolute atomic E-state index is 13.5. The topological polar surface area (TPSA) is 50.2 Å². The van der Waals surface area contributed by atoms with Gasteiger partial charge >= 0.3 is 5.97 Å². The lowest BCUT2D eigenvalue weighted by atomic mass is 10.1. The second-order valence-electron chi connectivity index (χ2n) is 2.97. The van der Waals surface area contributed by atoms with E-state index in [0.29, 0.717) is 0 Å². The summed E-state index contributed by atoms with van der Waals surface area (Å²) in [5.41, 5.74) is -1.12. The van der Waals surface area contributed by atoms with Gasteiger partial charge in [-0.2, -0.15) is 0 Å². The van der Waals surface area contributed by atoms with Gasteiger partial charge in [0.05, 0.1) is 12.1 Å². The highest BCUT2D eigenvalue weighted by molar-refractivity contribution is 9.08. The Bertz CT molecular complexity index is 412. The molecular weight excluding hydrogens is 291 g/mol. The van der Waals surface area contributed by atoms with Gasteiger partial charge in [-0.05, 0) is 6.07 Å². The number of hydrogen-bond acceptors (Lipinski definition) is 2. The van der Waals surface area contributed by atoms with E-state index >= 15 is 0 Å². The minimum atomic E-state index is -2.86. The fourth-order valence-electron chi connectivity index (χ4n) is 1.13. The van der Waals surface area contributed by atoms with Crippen molar-refractivity contribution in [2.24, 2.45) is 0 Å². The average Bonchev–Trinajstić information content (AvgIpc) is 2.20. The third-order valence-electron chi connectivity index (χ3n) is 1.81. The van der Waals surface area contributed by atoms with E-state index in [1.807, 2.05) is 0 Å². The minimum absolute atomic E-state index is 0.0215. The number of hydrogen-bond donors (Lipinski definition) is 1. The molecule has 0 radical (unpaired) electrons. The van der Waals surface area contributed by atoms with Crippen molar-refractivity contribution in [2.75, 3.05) is 0 Å². The Morgan fingerprint density at radius 1 is 1.56 bits per heavy atom. The van der Waals surface area contributed by atoms with E-state index in [9.17, 15) is 18.0 Å². The fourth-order valence-corrected chi connectivity index (χ4v) is 1.54. The first kappa shape index (κ1) is 13.0. The van der Waals surface area contributed by atoms with Crippen LogP contribution in [0.15, 0.2) is 6.07 Å². The molecule has 0 aliphatic rings. The highest BCUT2D eigenvalue weighted by atomic mass is 79.9. The third-order valence-corrected chi connectivity index (χ3v) is 2.41. The lowest BCUT2D eigenvalue weighted by Gasteiger charge is -2.07. The molecule has 0 aliphatic carbocycles. The molecule has 1 heterocycles. The van der Waals surface area contributed by atoms with Crippen LogP contribution in [0.4, 0.5) is 13.2 Å². The van der Waals surface area contributed by atoms with Gasteiger partial charge in [-0.3, -0.25) is 4.79 Å². The first-order chi connectivity index (χ1) is 7.45. The lowest BCUT2D eigenvalue weighted by molar-refractivity contribution is -0.136. The number of aliphatic carboxylic acids is 1. The van der Waals surface area contributed by atoms with Crippen molar-refractivity contribution in [1.82, 2.24) is 4.98 Å². The van der Waals surface area contributed by atoms with Crippen LogP contribution in [0.2, 0.25) is 0 Å². The van der Waals surface area contributed by atoms with Crippen molar-refractivity contribution in [2.45, 2.75) is 18.2 Å². The molecule has 7 heteroatoms. The zero-order valence-corrected chi connectivity index (χ0v) is 9.47. The molecule has 0 atom stereocenters. The molecule has 16 heavy (non-hydrogen) atoms. The van der Waals surface area contributed by atoms with E-state index in [2.05, 4.69) is 20.9 Å². The van der Waals surface area contributed by atoms with Crippen LogP contribution >= 0.6 is 15.9 Å². The number of halogens is 4. The molecule has 1 aromatic rings. The van der Waals surface area contributed by atoms with Crippen LogP contribution in [-0.2, 0) is 16.5 Å². The quantitative estimate of drug-likeness (QED) is 0.869. The second kappa shape index (κ2) is 5.29. The van der Waals surface area contributed by atoms with Crippen LogP contribution in [-0.4, -0.2) is 16.1 Å². The number of rotatable bonds is 4. The molecule has 1 aromatic heterocycles. The summed E-state index contributed by atoms with van der Waals surface area (Å²) in [7, 11) is 0. The molecule has 0 aliphatic heterocycles. The van der Waals surface area contributed by atoms with Crippen LogP contribution in [0.25, 0.3) is 0 Å². The molecule has 1 rings (SSSR count). The van der Waals surface area contributed by atoms with Gasteiger partial charge in [0.25, 0.3) is 6.43 Å². The Labute approximate surface area is 97.4 Å². The fraction of sp³-hybridized carbons (Fsp3) is 0.333. The summed E-state index contributed by atoms with van der Waals surface area (Å²) < 4.78 is 38.2. The average molecular weight is 298 g/mol. The van der Waals surface area contributed by atoms with Gasteiger partial charge in [0.2, 0.25) is 0 Å². The van der Waals surface area contributed by atoms with E-state index in [-0.39, 0.29) is 10.9 Å². The van der Waals surface area contributed by atoms with Crippen molar-refractivity contribution in [3.63, 3.8) is 0 Å². The third kappa shape index (κ3) is 2.94. The normalized spacial score (nSPS) is 10.8. The van der Waals surface area contributed by atoms with Gasteiger partial charge in [-0.15, -0.1) is 0 Å². The molecule has 0 bridgehead atoms. The van der Waals surface area contributed by atoms with E-state index in [4.69, 9.17) is 5.11 Å². The van der Waals surface area contributed by atoms with Gasteiger partial charge in [-0.25, -0.2) is 18.2 Å². The monoisotopic (exact) mass is 297 g/mol. The van der Waals surface area contributed by atoms with Crippen LogP contribution in [0.1, 0.15) is 23.4 Å². The molecule has 0 spiro atoms. The van der Waals surface area contributed by atoms with Gasteiger partial charge in [-0.1, -0.05) is 15.9 Å². The standard InChI is InChI=1S/C9H7BrF3NO2/c10-3-4-1-6(9(12)13)14-5(8(4)11)2-7(15)16/h1,9H,2-3H2,(H,15,16). The smallest absolute Gasteiger partial charge is 0.309 e. The summed E-state index contributed by atoms with van der Waals surface area (Å²) in [4.78, 5) is 13.7. The number of aromatic nitrogens is 1. The largest absolute Gasteiger partial charge is 0.481 e. The molecule has 0 unspecified atom stereocenters. The van der Waals surface area contributed by atoms with Crippen molar-refractivity contribution >= 4 is 21.9 Å². The number of pyridine rings is 1. The predicted octanol–water partition coefficient (Wildman–Crippen LogP) is 2.68. The molecule has 3 nitrogen and oxygen atoms in total. The van der Waals surface area contributed by atoms with Crippen molar-refractivity contribution in [1.29, 1.82) is 0 Å². The summed E-state index contributed by atoms with van der Waals surface area (Å²) in [5.74, 6) is -2.18. The van der Waals surface area contributed by atoms with Crippen molar-refractivity contribution < 1.29 is 23.1 Å². The Balaban J connectivity index is 3.24. The highest BCUT2D eigenvalue weighted by Crippen LogP contribution is 2.23. The highest BCUT2D eigenvalue weighted by Gasteiger charge is 2.18. The SMILES string of the molecule is O=C(O)Cc1nc(C(F)F)cc(CBr)c1F. The Morgan fingerprint density at radius 3 is 2.62 bits per heavy atom. The zero-order valence-electron chi connectivity index (χ0n) is 7.88. The molecule has 0 saturated heterocycles. The lowest BCUT2D eigenvalue weighted by Crippen LogP contribution is -2.09. The first-order valence-electron chi connectivity index (χ1n) is 4.19. The summed E-state index contributed by atoms with van der Waals surface area (Å²) >= 11 is 2.93. The number of nitrogens with zero attached hydrogens (tertiary/aromatic N) is 1. The van der Waals surface area contributed by atoms with Crippen LogP contribution in [0, 0.1) is 5.82 Å². The van der Waals surface area contributed by atoms with Gasteiger partial charge in [0.15, 0.2) is 0 Å². The number of alkyl halides is 3. The van der Waals surface area contributed by atoms with Gasteiger partial charge in [0, 0.05) is 10.9 Å². The van der Waals surface area contributed by atoms with E-state index in [1.165, 1.54) is 0 Å². The molecular formula is C9H7BrF3NO2. The molecule has 1 N–H and O–H groups in total. The minimum Gasteiger partial charge on any atom is -0.481 e. The summed E-state index contributed by atoms with van der Waals surface area (Å²) in [6, 6.07) is 0.917. The molecule has 88 valence electrons.